The number of rotatable bonds is 1. The molecule has 0 spiro atoms. The van der Waals surface area contributed by atoms with Crippen LogP contribution in [0.1, 0.15) is 78.6 Å². The van der Waals surface area contributed by atoms with Gasteiger partial charge in [0, 0.05) is 5.41 Å². The summed E-state index contributed by atoms with van der Waals surface area (Å²) in [6.07, 6.45) is 8.99. The van der Waals surface area contributed by atoms with Crippen LogP contribution < -0.4 is 0 Å². The minimum Gasteiger partial charge on any atom is -0.393 e. The molecule has 0 unspecified atom stereocenters. The second kappa shape index (κ2) is 5.44. The molecule has 0 saturated heterocycles. The summed E-state index contributed by atoms with van der Waals surface area (Å²) in [5.74, 6) is 2.69. The van der Waals surface area contributed by atoms with Gasteiger partial charge < -0.3 is 15.3 Å². The summed E-state index contributed by atoms with van der Waals surface area (Å²) in [6.45, 7) is 6.53. The zero-order chi connectivity index (χ0) is 17.3. The highest BCUT2D eigenvalue weighted by molar-refractivity contribution is 5.15. The molecule has 4 rings (SSSR count). The van der Waals surface area contributed by atoms with E-state index < -0.39 is 11.7 Å². The summed E-state index contributed by atoms with van der Waals surface area (Å²) in [7, 11) is 0. The minimum absolute atomic E-state index is 0.0831. The van der Waals surface area contributed by atoms with Crippen LogP contribution >= 0.6 is 0 Å². The topological polar surface area (TPSA) is 60.7 Å². The highest BCUT2D eigenvalue weighted by Crippen LogP contribution is 2.68. The fourth-order valence-electron chi connectivity index (χ4n) is 7.97. The van der Waals surface area contributed by atoms with Crippen molar-refractivity contribution < 1.29 is 15.3 Å². The van der Waals surface area contributed by atoms with Crippen LogP contribution in [0.4, 0.5) is 0 Å². The summed E-state index contributed by atoms with van der Waals surface area (Å²) in [5, 5.41) is 31.7. The Morgan fingerprint density at radius 3 is 2.33 bits per heavy atom. The average Bonchev–Trinajstić information content (AvgIpc) is 2.81. The maximum atomic E-state index is 11.3. The van der Waals surface area contributed by atoms with Crippen molar-refractivity contribution in [3.8, 4) is 0 Å². The Kier molecular flexibility index (Phi) is 3.92. The number of fused-ring (bicyclic) bond motifs is 5. The quantitative estimate of drug-likeness (QED) is 0.687. The SMILES string of the molecule is C[C@@H](O)[C@]1(O)CC[C@@H]2[C@H]3CC[C@H]4C[C@@H](O)CC[C@]4(C)[C@@H]3CC[C@]21C. The van der Waals surface area contributed by atoms with Gasteiger partial charge in [-0.1, -0.05) is 13.8 Å². The zero-order valence-electron chi connectivity index (χ0n) is 15.7. The van der Waals surface area contributed by atoms with Gasteiger partial charge in [0.2, 0.25) is 0 Å². The third kappa shape index (κ3) is 2.07. The molecular weight excluding hydrogens is 300 g/mol. The van der Waals surface area contributed by atoms with Crippen LogP contribution in [0.25, 0.3) is 0 Å². The Morgan fingerprint density at radius 2 is 1.62 bits per heavy atom. The predicted molar refractivity (Wildman–Crippen MR) is 94.4 cm³/mol. The molecule has 0 bridgehead atoms. The average molecular weight is 337 g/mol. The molecule has 0 aromatic carbocycles. The summed E-state index contributed by atoms with van der Waals surface area (Å²) in [6, 6.07) is 0. The van der Waals surface area contributed by atoms with Gasteiger partial charge in [-0.05, 0) is 93.8 Å². The molecule has 0 aliphatic heterocycles. The summed E-state index contributed by atoms with van der Waals surface area (Å²) >= 11 is 0. The molecule has 0 aromatic rings. The first-order chi connectivity index (χ1) is 11.2. The van der Waals surface area contributed by atoms with Crippen molar-refractivity contribution in [3.05, 3.63) is 0 Å². The van der Waals surface area contributed by atoms with Gasteiger partial charge in [0.1, 0.15) is 0 Å². The molecule has 0 heterocycles. The number of hydrogen-bond donors (Lipinski definition) is 3. The molecule has 3 heteroatoms. The van der Waals surface area contributed by atoms with Crippen LogP contribution in [-0.2, 0) is 0 Å². The maximum absolute atomic E-state index is 11.3. The highest BCUT2D eigenvalue weighted by Gasteiger charge is 2.65. The van der Waals surface area contributed by atoms with Crippen LogP contribution in [0, 0.1) is 34.5 Å². The van der Waals surface area contributed by atoms with Crippen molar-refractivity contribution in [1.82, 2.24) is 0 Å². The molecule has 0 radical (unpaired) electrons. The van der Waals surface area contributed by atoms with Crippen LogP contribution in [0.2, 0.25) is 0 Å². The summed E-state index contributed by atoms with van der Waals surface area (Å²) in [5.41, 5.74) is -0.641. The molecule has 4 saturated carbocycles. The van der Waals surface area contributed by atoms with Crippen LogP contribution in [0.5, 0.6) is 0 Å². The van der Waals surface area contributed by atoms with Gasteiger partial charge in [0.15, 0.2) is 0 Å². The van der Waals surface area contributed by atoms with E-state index >= 15 is 0 Å². The van der Waals surface area contributed by atoms with Gasteiger partial charge in [-0.15, -0.1) is 0 Å². The van der Waals surface area contributed by atoms with E-state index in [2.05, 4.69) is 13.8 Å². The number of hydrogen-bond acceptors (Lipinski definition) is 3. The first-order valence-corrected chi connectivity index (χ1v) is 10.3. The maximum Gasteiger partial charge on any atom is 0.0958 e. The van der Waals surface area contributed by atoms with Gasteiger partial charge in [-0.25, -0.2) is 0 Å². The van der Waals surface area contributed by atoms with Crippen molar-refractivity contribution in [1.29, 1.82) is 0 Å². The van der Waals surface area contributed by atoms with Crippen molar-refractivity contribution in [3.63, 3.8) is 0 Å². The summed E-state index contributed by atoms with van der Waals surface area (Å²) < 4.78 is 0. The number of aliphatic hydroxyl groups is 3. The smallest absolute Gasteiger partial charge is 0.0958 e. The van der Waals surface area contributed by atoms with Crippen molar-refractivity contribution in [2.45, 2.75) is 96.4 Å². The van der Waals surface area contributed by atoms with E-state index in [9.17, 15) is 15.3 Å². The Hall–Kier alpha value is -0.120. The lowest BCUT2D eigenvalue weighted by Gasteiger charge is -2.61. The zero-order valence-corrected chi connectivity index (χ0v) is 15.7. The van der Waals surface area contributed by atoms with Crippen LogP contribution in [-0.4, -0.2) is 33.1 Å². The van der Waals surface area contributed by atoms with E-state index in [4.69, 9.17) is 0 Å². The minimum atomic E-state index is -0.900. The van der Waals surface area contributed by atoms with Gasteiger partial charge in [0.05, 0.1) is 17.8 Å². The lowest BCUT2D eigenvalue weighted by molar-refractivity contribution is -0.186. The first kappa shape index (κ1) is 17.3. The van der Waals surface area contributed by atoms with Gasteiger partial charge in [-0.2, -0.15) is 0 Å². The fraction of sp³-hybridized carbons (Fsp3) is 1.00. The summed E-state index contributed by atoms with van der Waals surface area (Å²) in [4.78, 5) is 0. The van der Waals surface area contributed by atoms with Crippen LogP contribution in [0.15, 0.2) is 0 Å². The Morgan fingerprint density at radius 1 is 0.917 bits per heavy atom. The Bertz CT molecular complexity index is 505. The third-order valence-electron chi connectivity index (χ3n) is 9.54. The standard InChI is InChI=1S/C21H36O3/c1-13(22)21(24)11-8-18-16-5-4-14-12-15(23)6-9-19(14,2)17(16)7-10-20(18,21)3/h13-18,22-24H,4-12H2,1-3H3/t13-,14+,15+,16+,17-,18-,19+,20-,21-/m1/s1. The van der Waals surface area contributed by atoms with E-state index in [0.29, 0.717) is 23.2 Å². The van der Waals surface area contributed by atoms with Gasteiger partial charge in [-0.3, -0.25) is 0 Å². The van der Waals surface area contributed by atoms with Crippen molar-refractivity contribution in [2.75, 3.05) is 0 Å². The Labute approximate surface area is 146 Å². The lowest BCUT2D eigenvalue weighted by Crippen LogP contribution is -2.59. The van der Waals surface area contributed by atoms with Crippen molar-refractivity contribution >= 4 is 0 Å². The lowest BCUT2D eigenvalue weighted by atomic mass is 9.44. The predicted octanol–water partition coefficient (Wildman–Crippen LogP) is 3.50. The van der Waals surface area contributed by atoms with E-state index in [1.165, 1.54) is 25.7 Å². The molecule has 3 nitrogen and oxygen atoms in total. The molecule has 4 fully saturated rings. The monoisotopic (exact) mass is 336 g/mol. The largest absolute Gasteiger partial charge is 0.393 e. The molecule has 3 N–H and O–H groups in total. The molecule has 4 aliphatic carbocycles. The highest BCUT2D eigenvalue weighted by atomic mass is 16.3. The van der Waals surface area contributed by atoms with E-state index in [-0.39, 0.29) is 11.5 Å². The molecule has 9 atom stereocenters. The van der Waals surface area contributed by atoms with Crippen molar-refractivity contribution in [2.24, 2.45) is 34.5 Å². The molecule has 4 aliphatic rings. The first-order valence-electron chi connectivity index (χ1n) is 10.3. The molecule has 0 amide bonds. The fourth-order valence-corrected chi connectivity index (χ4v) is 7.97. The van der Waals surface area contributed by atoms with Gasteiger partial charge >= 0.3 is 0 Å². The molecular formula is C21H36O3. The van der Waals surface area contributed by atoms with E-state index in [0.717, 1.165) is 38.0 Å². The molecule has 0 aromatic heterocycles. The van der Waals surface area contributed by atoms with Crippen LogP contribution in [0.3, 0.4) is 0 Å². The third-order valence-corrected chi connectivity index (χ3v) is 9.54. The normalized spacial score (nSPS) is 58.5. The second-order valence-electron chi connectivity index (χ2n) is 10.2. The van der Waals surface area contributed by atoms with E-state index in [1.807, 2.05) is 0 Å². The second-order valence-corrected chi connectivity index (χ2v) is 10.2. The Balaban J connectivity index is 1.63. The van der Waals surface area contributed by atoms with E-state index in [1.54, 1.807) is 6.92 Å². The molecule has 138 valence electrons. The number of aliphatic hydroxyl groups excluding tert-OH is 2. The molecule has 24 heavy (non-hydrogen) atoms. The van der Waals surface area contributed by atoms with Gasteiger partial charge in [0.25, 0.3) is 0 Å².